The van der Waals surface area contributed by atoms with Gasteiger partial charge in [0, 0.05) is 25.0 Å². The number of hydrogen-bond acceptors (Lipinski definition) is 2. The van der Waals surface area contributed by atoms with Crippen molar-refractivity contribution in [2.45, 2.75) is 38.8 Å². The molecule has 4 heteroatoms. The summed E-state index contributed by atoms with van der Waals surface area (Å²) in [6, 6.07) is 7.82. The second-order valence-electron chi connectivity index (χ2n) is 5.16. The fourth-order valence-electron chi connectivity index (χ4n) is 2.30. The van der Waals surface area contributed by atoms with E-state index in [4.69, 9.17) is 11.5 Å². The Morgan fingerprint density at radius 3 is 1.55 bits per heavy atom. The molecule has 0 atom stereocenters. The molecule has 0 aliphatic carbocycles. The first-order chi connectivity index (χ1) is 9.74. The van der Waals surface area contributed by atoms with Crippen LogP contribution in [0, 0.1) is 0 Å². The van der Waals surface area contributed by atoms with E-state index in [2.05, 4.69) is 21.5 Å². The number of pyridine rings is 2. The van der Waals surface area contributed by atoms with Crippen molar-refractivity contribution >= 4 is 11.4 Å². The molecule has 0 bridgehead atoms. The van der Waals surface area contributed by atoms with E-state index in [1.165, 1.54) is 25.7 Å². The third kappa shape index (κ3) is 4.88. The van der Waals surface area contributed by atoms with Gasteiger partial charge in [-0.05, 0) is 25.0 Å². The summed E-state index contributed by atoms with van der Waals surface area (Å²) < 4.78 is 4.31. The zero-order chi connectivity index (χ0) is 14.2. The van der Waals surface area contributed by atoms with Crippen LogP contribution in [-0.2, 0) is 13.1 Å². The number of anilines is 2. The molecule has 2 aromatic rings. The Balaban J connectivity index is 1.60. The van der Waals surface area contributed by atoms with E-state index in [9.17, 15) is 0 Å². The van der Waals surface area contributed by atoms with E-state index in [1.54, 1.807) is 0 Å². The molecule has 4 nitrogen and oxygen atoms in total. The number of nitrogens with zero attached hydrogens (tertiary/aromatic N) is 2. The Labute approximate surface area is 120 Å². The average molecular weight is 272 g/mol. The molecular weight excluding hydrogens is 248 g/mol. The summed E-state index contributed by atoms with van der Waals surface area (Å²) in [7, 11) is 0. The Hall–Kier alpha value is -2.10. The van der Waals surface area contributed by atoms with Gasteiger partial charge in [0.1, 0.15) is 13.1 Å². The summed E-state index contributed by atoms with van der Waals surface area (Å²) in [6.45, 7) is 2.08. The Bertz CT molecular complexity index is 490. The SMILES string of the molecule is Nc1ccc[n+](CCCCCC[n+]2cccc(N)c2)c1. The summed E-state index contributed by atoms with van der Waals surface area (Å²) in [5.41, 5.74) is 13.2. The van der Waals surface area contributed by atoms with Gasteiger partial charge in [-0.15, -0.1) is 0 Å². The van der Waals surface area contributed by atoms with Gasteiger partial charge in [0.2, 0.25) is 0 Å². The third-order valence-corrected chi connectivity index (χ3v) is 3.34. The molecule has 0 unspecified atom stereocenters. The summed E-state index contributed by atoms with van der Waals surface area (Å²) in [5, 5.41) is 0. The number of nitrogens with two attached hydrogens (primary N) is 2. The van der Waals surface area contributed by atoms with Crippen LogP contribution in [0.4, 0.5) is 11.4 Å². The molecule has 0 aliphatic heterocycles. The summed E-state index contributed by atoms with van der Waals surface area (Å²) >= 11 is 0. The lowest BCUT2D eigenvalue weighted by Gasteiger charge is -2.00. The topological polar surface area (TPSA) is 59.8 Å². The first kappa shape index (κ1) is 14.3. The van der Waals surface area contributed by atoms with Gasteiger partial charge in [0.05, 0.1) is 11.4 Å². The van der Waals surface area contributed by atoms with Gasteiger partial charge in [-0.25, -0.2) is 9.13 Å². The molecular formula is C16H24N4+2. The summed E-state index contributed by atoms with van der Waals surface area (Å²) in [5.74, 6) is 0. The number of nitrogen functional groups attached to an aromatic ring is 2. The quantitative estimate of drug-likeness (QED) is 0.595. The van der Waals surface area contributed by atoms with Crippen LogP contribution in [0.2, 0.25) is 0 Å². The average Bonchev–Trinajstić information content (AvgIpc) is 2.43. The van der Waals surface area contributed by atoms with Crippen molar-refractivity contribution in [1.82, 2.24) is 0 Å². The number of aryl methyl sites for hydroxylation is 2. The minimum absolute atomic E-state index is 0.825. The zero-order valence-electron chi connectivity index (χ0n) is 11.9. The molecule has 2 rings (SSSR count). The second kappa shape index (κ2) is 7.48. The summed E-state index contributed by atoms with van der Waals surface area (Å²) in [4.78, 5) is 0. The molecule has 2 heterocycles. The monoisotopic (exact) mass is 272 g/mol. The Morgan fingerprint density at radius 1 is 0.700 bits per heavy atom. The maximum Gasteiger partial charge on any atom is 0.191 e. The minimum Gasteiger partial charge on any atom is -0.394 e. The number of aromatic nitrogens is 2. The van der Waals surface area contributed by atoms with Gasteiger partial charge in [0.15, 0.2) is 24.8 Å². The van der Waals surface area contributed by atoms with Crippen molar-refractivity contribution in [3.8, 4) is 0 Å². The van der Waals surface area contributed by atoms with E-state index in [0.29, 0.717) is 0 Å². The molecule has 0 radical (unpaired) electrons. The van der Waals surface area contributed by atoms with Crippen LogP contribution in [0.3, 0.4) is 0 Å². The molecule has 0 saturated carbocycles. The van der Waals surface area contributed by atoms with Crippen LogP contribution >= 0.6 is 0 Å². The highest BCUT2D eigenvalue weighted by Gasteiger charge is 2.02. The van der Waals surface area contributed by atoms with Crippen LogP contribution in [0.1, 0.15) is 25.7 Å². The van der Waals surface area contributed by atoms with Crippen LogP contribution in [-0.4, -0.2) is 0 Å². The smallest absolute Gasteiger partial charge is 0.191 e. The lowest BCUT2D eigenvalue weighted by Crippen LogP contribution is -2.33. The van der Waals surface area contributed by atoms with Gasteiger partial charge >= 0.3 is 0 Å². The predicted octanol–water partition coefficient (Wildman–Crippen LogP) is 1.69. The lowest BCUT2D eigenvalue weighted by atomic mass is 10.2. The zero-order valence-corrected chi connectivity index (χ0v) is 11.9. The molecule has 0 aliphatic rings. The van der Waals surface area contributed by atoms with Crippen LogP contribution < -0.4 is 20.6 Å². The van der Waals surface area contributed by atoms with Gasteiger partial charge in [0.25, 0.3) is 0 Å². The minimum atomic E-state index is 0.825. The van der Waals surface area contributed by atoms with Crippen molar-refractivity contribution in [1.29, 1.82) is 0 Å². The van der Waals surface area contributed by atoms with Gasteiger partial charge in [-0.2, -0.15) is 0 Å². The predicted molar refractivity (Wildman–Crippen MR) is 80.6 cm³/mol. The molecule has 0 saturated heterocycles. The van der Waals surface area contributed by atoms with Crippen molar-refractivity contribution in [2.75, 3.05) is 11.5 Å². The fraction of sp³-hybridized carbons (Fsp3) is 0.375. The number of unbranched alkanes of at least 4 members (excludes halogenated alkanes) is 3. The highest BCUT2D eigenvalue weighted by Crippen LogP contribution is 2.01. The first-order valence-corrected chi connectivity index (χ1v) is 7.23. The van der Waals surface area contributed by atoms with E-state index in [-0.39, 0.29) is 0 Å². The van der Waals surface area contributed by atoms with Crippen LogP contribution in [0.15, 0.2) is 49.1 Å². The Kier molecular flexibility index (Phi) is 5.35. The van der Waals surface area contributed by atoms with Crippen molar-refractivity contribution in [2.24, 2.45) is 0 Å². The maximum atomic E-state index is 5.75. The lowest BCUT2D eigenvalue weighted by molar-refractivity contribution is -0.698. The largest absolute Gasteiger partial charge is 0.394 e. The highest BCUT2D eigenvalue weighted by molar-refractivity contribution is 5.30. The Morgan fingerprint density at radius 2 is 1.15 bits per heavy atom. The number of hydrogen-bond donors (Lipinski definition) is 2. The van der Waals surface area contributed by atoms with Crippen molar-refractivity contribution in [3.05, 3.63) is 49.1 Å². The molecule has 0 amide bonds. The molecule has 106 valence electrons. The molecule has 4 N–H and O–H groups in total. The first-order valence-electron chi connectivity index (χ1n) is 7.23. The molecule has 0 spiro atoms. The molecule has 20 heavy (non-hydrogen) atoms. The van der Waals surface area contributed by atoms with Crippen molar-refractivity contribution < 1.29 is 9.13 Å². The highest BCUT2D eigenvalue weighted by atomic mass is 14.9. The van der Waals surface area contributed by atoms with E-state index >= 15 is 0 Å². The van der Waals surface area contributed by atoms with Gasteiger partial charge < -0.3 is 11.5 Å². The molecule has 0 fully saturated rings. The van der Waals surface area contributed by atoms with E-state index < -0.39 is 0 Å². The second-order valence-corrected chi connectivity index (χ2v) is 5.16. The van der Waals surface area contributed by atoms with E-state index in [1.807, 2.05) is 36.7 Å². The molecule has 0 aromatic carbocycles. The fourth-order valence-corrected chi connectivity index (χ4v) is 2.30. The summed E-state index contributed by atoms with van der Waals surface area (Å²) in [6.07, 6.45) is 13.0. The van der Waals surface area contributed by atoms with Gasteiger partial charge in [-0.3, -0.25) is 0 Å². The van der Waals surface area contributed by atoms with Crippen molar-refractivity contribution in [3.63, 3.8) is 0 Å². The van der Waals surface area contributed by atoms with Crippen LogP contribution in [0.5, 0.6) is 0 Å². The van der Waals surface area contributed by atoms with E-state index in [0.717, 1.165) is 24.5 Å². The number of rotatable bonds is 7. The van der Waals surface area contributed by atoms with Crippen LogP contribution in [0.25, 0.3) is 0 Å². The molecule has 2 aromatic heterocycles. The maximum absolute atomic E-state index is 5.75. The third-order valence-electron chi connectivity index (χ3n) is 3.34. The van der Waals surface area contributed by atoms with Gasteiger partial charge in [-0.1, -0.05) is 0 Å². The normalized spacial score (nSPS) is 10.6. The standard InChI is InChI=1S/C16H24N4/c17-15-7-5-11-19(13-15)9-3-1-2-4-10-20-12-6-8-16(18)14-20/h5-8,11-14H,1-4,9-10,17-18H2/q+2.